The Balaban J connectivity index is 1.32. The zero-order chi connectivity index (χ0) is 20.2. The maximum absolute atomic E-state index is 12.8. The van der Waals surface area contributed by atoms with Crippen LogP contribution in [0.4, 0.5) is 5.82 Å². The summed E-state index contributed by atoms with van der Waals surface area (Å²) >= 11 is 1.57. The Kier molecular flexibility index (Phi) is 5.85. The minimum Gasteiger partial charge on any atom is -0.357 e. The summed E-state index contributed by atoms with van der Waals surface area (Å²) in [5.74, 6) is 1.15. The van der Waals surface area contributed by atoms with E-state index in [2.05, 4.69) is 37.3 Å². The number of amides is 1. The third-order valence-electron chi connectivity index (χ3n) is 5.29. The third kappa shape index (κ3) is 4.62. The zero-order valence-electron chi connectivity index (χ0n) is 16.7. The summed E-state index contributed by atoms with van der Waals surface area (Å²) in [6, 6.07) is 7.93. The Morgan fingerprint density at radius 1 is 1.24 bits per heavy atom. The van der Waals surface area contributed by atoms with Crippen molar-refractivity contribution in [2.24, 2.45) is 5.92 Å². The molecular formula is C22H25N5OS. The summed E-state index contributed by atoms with van der Waals surface area (Å²) < 4.78 is 0. The smallest absolute Gasteiger partial charge is 0.223 e. The topological polar surface area (TPSA) is 71.0 Å². The lowest BCUT2D eigenvalue weighted by atomic mass is 9.95. The van der Waals surface area contributed by atoms with E-state index in [1.807, 2.05) is 37.6 Å². The quantitative estimate of drug-likeness (QED) is 0.692. The van der Waals surface area contributed by atoms with Gasteiger partial charge >= 0.3 is 0 Å². The Morgan fingerprint density at radius 2 is 2.07 bits per heavy atom. The molecule has 6 nitrogen and oxygen atoms in total. The fourth-order valence-electron chi connectivity index (χ4n) is 3.54. The molecule has 4 heterocycles. The molecule has 1 N–H and O–H groups in total. The molecule has 1 aliphatic rings. The molecule has 1 amide bonds. The van der Waals surface area contributed by atoms with Crippen LogP contribution in [0.3, 0.4) is 0 Å². The lowest BCUT2D eigenvalue weighted by Gasteiger charge is -2.32. The lowest BCUT2D eigenvalue weighted by Crippen LogP contribution is -2.41. The molecule has 0 spiro atoms. The van der Waals surface area contributed by atoms with Crippen molar-refractivity contribution in [3.05, 3.63) is 58.8 Å². The molecular weight excluding hydrogens is 382 g/mol. The normalized spacial score (nSPS) is 15.9. The number of nitrogens with one attached hydrogen (secondary N) is 1. The maximum Gasteiger partial charge on any atom is 0.223 e. The molecule has 150 valence electrons. The van der Waals surface area contributed by atoms with Gasteiger partial charge in [-0.05, 0) is 50.5 Å². The number of thiazole rings is 1. The molecule has 0 aliphatic carbocycles. The SMILES string of the molecule is Cc1ccc(N2CCC(C(=O)NC(C)c3nc(-c4cccnc4)cs3)CC2)nc1. The van der Waals surface area contributed by atoms with Crippen molar-refractivity contribution in [2.45, 2.75) is 32.7 Å². The van der Waals surface area contributed by atoms with E-state index in [9.17, 15) is 4.79 Å². The third-order valence-corrected chi connectivity index (χ3v) is 6.32. The summed E-state index contributed by atoms with van der Waals surface area (Å²) in [5, 5.41) is 6.08. The second kappa shape index (κ2) is 8.69. The second-order valence-corrected chi connectivity index (χ2v) is 8.39. The van der Waals surface area contributed by atoms with Crippen molar-refractivity contribution in [1.29, 1.82) is 0 Å². The summed E-state index contributed by atoms with van der Waals surface area (Å²) in [7, 11) is 0. The fourth-order valence-corrected chi connectivity index (χ4v) is 4.38. The average Bonchev–Trinajstić information content (AvgIpc) is 3.26. The summed E-state index contributed by atoms with van der Waals surface area (Å²) in [5.41, 5.74) is 3.05. The van der Waals surface area contributed by atoms with Crippen LogP contribution < -0.4 is 10.2 Å². The van der Waals surface area contributed by atoms with E-state index in [1.54, 1.807) is 23.7 Å². The van der Waals surface area contributed by atoms with Gasteiger partial charge in [-0.15, -0.1) is 11.3 Å². The van der Waals surface area contributed by atoms with E-state index in [0.29, 0.717) is 0 Å². The van der Waals surface area contributed by atoms with Gasteiger partial charge in [0.15, 0.2) is 0 Å². The number of carbonyl (C=O) groups is 1. The molecule has 1 unspecified atom stereocenters. The van der Waals surface area contributed by atoms with Crippen molar-refractivity contribution in [3.8, 4) is 11.3 Å². The average molecular weight is 408 g/mol. The number of aryl methyl sites for hydroxylation is 1. The lowest BCUT2D eigenvalue weighted by molar-refractivity contribution is -0.126. The summed E-state index contributed by atoms with van der Waals surface area (Å²) in [6.07, 6.45) is 7.13. The first-order valence-corrected chi connectivity index (χ1v) is 10.8. The van der Waals surface area contributed by atoms with E-state index < -0.39 is 0 Å². The van der Waals surface area contributed by atoms with Crippen LogP contribution in [0.1, 0.15) is 36.4 Å². The van der Waals surface area contributed by atoms with Crippen molar-refractivity contribution >= 4 is 23.1 Å². The molecule has 3 aromatic rings. The first-order valence-electron chi connectivity index (χ1n) is 9.94. The van der Waals surface area contributed by atoms with E-state index >= 15 is 0 Å². The van der Waals surface area contributed by atoms with Gasteiger partial charge in [0.2, 0.25) is 5.91 Å². The number of hydrogen-bond donors (Lipinski definition) is 1. The molecule has 4 rings (SSSR count). The molecule has 1 saturated heterocycles. The summed E-state index contributed by atoms with van der Waals surface area (Å²) in [4.78, 5) is 28.4. The zero-order valence-corrected chi connectivity index (χ0v) is 17.5. The number of pyridine rings is 2. The fraction of sp³-hybridized carbons (Fsp3) is 0.364. The molecule has 29 heavy (non-hydrogen) atoms. The van der Waals surface area contributed by atoms with Crippen LogP contribution in [0.15, 0.2) is 48.2 Å². The highest BCUT2D eigenvalue weighted by Crippen LogP contribution is 2.26. The molecule has 0 aromatic carbocycles. The minimum absolute atomic E-state index is 0.0388. The molecule has 1 aliphatic heterocycles. The van der Waals surface area contributed by atoms with Crippen LogP contribution in [-0.2, 0) is 4.79 Å². The van der Waals surface area contributed by atoms with Crippen LogP contribution in [0.5, 0.6) is 0 Å². The number of carbonyl (C=O) groups excluding carboxylic acids is 1. The van der Waals surface area contributed by atoms with Crippen LogP contribution in [0.25, 0.3) is 11.3 Å². The van der Waals surface area contributed by atoms with Crippen LogP contribution >= 0.6 is 11.3 Å². The largest absolute Gasteiger partial charge is 0.357 e. The van der Waals surface area contributed by atoms with Crippen molar-refractivity contribution in [3.63, 3.8) is 0 Å². The molecule has 1 atom stereocenters. The number of rotatable bonds is 5. The molecule has 3 aromatic heterocycles. The van der Waals surface area contributed by atoms with Crippen molar-refractivity contribution in [2.75, 3.05) is 18.0 Å². The Hall–Kier alpha value is -2.80. The first kappa shape index (κ1) is 19.5. The van der Waals surface area contributed by atoms with Gasteiger partial charge in [0, 0.05) is 48.5 Å². The van der Waals surface area contributed by atoms with Crippen LogP contribution in [-0.4, -0.2) is 33.9 Å². The van der Waals surface area contributed by atoms with Gasteiger partial charge in [-0.3, -0.25) is 9.78 Å². The van der Waals surface area contributed by atoms with Gasteiger partial charge in [-0.2, -0.15) is 0 Å². The highest BCUT2D eigenvalue weighted by atomic mass is 32.1. The van der Waals surface area contributed by atoms with Crippen molar-refractivity contribution < 1.29 is 4.79 Å². The van der Waals surface area contributed by atoms with E-state index in [1.165, 1.54) is 0 Å². The van der Waals surface area contributed by atoms with Gasteiger partial charge in [-0.25, -0.2) is 9.97 Å². The number of nitrogens with zero attached hydrogens (tertiary/aromatic N) is 4. The van der Waals surface area contributed by atoms with Gasteiger partial charge in [-0.1, -0.05) is 6.07 Å². The van der Waals surface area contributed by atoms with Gasteiger partial charge in [0.1, 0.15) is 10.8 Å². The maximum atomic E-state index is 12.8. The van der Waals surface area contributed by atoms with Crippen LogP contribution in [0.2, 0.25) is 0 Å². The van der Waals surface area contributed by atoms with Gasteiger partial charge in [0.05, 0.1) is 11.7 Å². The standard InChI is InChI=1S/C22H25N5OS/c1-15-5-6-20(24-12-15)27-10-7-17(8-11-27)21(28)25-16(2)22-26-19(14-29-22)18-4-3-9-23-13-18/h3-6,9,12-14,16-17H,7-8,10-11H2,1-2H3,(H,25,28). The molecule has 0 radical (unpaired) electrons. The highest BCUT2D eigenvalue weighted by Gasteiger charge is 2.27. The van der Waals surface area contributed by atoms with E-state index in [-0.39, 0.29) is 17.9 Å². The van der Waals surface area contributed by atoms with Crippen molar-refractivity contribution in [1.82, 2.24) is 20.3 Å². The summed E-state index contributed by atoms with van der Waals surface area (Å²) in [6.45, 7) is 5.74. The highest BCUT2D eigenvalue weighted by molar-refractivity contribution is 7.10. The monoisotopic (exact) mass is 407 g/mol. The van der Waals surface area contributed by atoms with E-state index in [4.69, 9.17) is 0 Å². The Morgan fingerprint density at radius 3 is 2.76 bits per heavy atom. The molecule has 0 bridgehead atoms. The predicted molar refractivity (Wildman–Crippen MR) is 116 cm³/mol. The Bertz CT molecular complexity index is 949. The van der Waals surface area contributed by atoms with Gasteiger partial charge in [0.25, 0.3) is 0 Å². The van der Waals surface area contributed by atoms with E-state index in [0.717, 1.165) is 53.6 Å². The molecule has 7 heteroatoms. The second-order valence-electron chi connectivity index (χ2n) is 7.50. The number of hydrogen-bond acceptors (Lipinski definition) is 6. The number of aromatic nitrogens is 3. The predicted octanol–water partition coefficient (Wildman–Crippen LogP) is 4.00. The number of piperidine rings is 1. The molecule has 0 saturated carbocycles. The molecule has 1 fully saturated rings. The van der Waals surface area contributed by atoms with Gasteiger partial charge < -0.3 is 10.2 Å². The van der Waals surface area contributed by atoms with Crippen LogP contribution in [0, 0.1) is 12.8 Å². The Labute approximate surface area is 175 Å². The number of anilines is 1. The first-order chi connectivity index (χ1) is 14.1. The minimum atomic E-state index is -0.102.